The van der Waals surface area contributed by atoms with Crippen molar-refractivity contribution in [1.82, 2.24) is 10.2 Å². The molecule has 2 rings (SSSR count). The number of carbonyl (C=O) groups is 1. The fourth-order valence-corrected chi connectivity index (χ4v) is 1.75. The molecule has 0 aliphatic heterocycles. The molecule has 1 amide bonds. The number of carbonyl (C=O) groups excluding carboxylic acids is 1. The molecule has 0 atom stereocenters. The Morgan fingerprint density at radius 1 is 1.41 bits per heavy atom. The van der Waals surface area contributed by atoms with E-state index in [1.165, 1.54) is 0 Å². The van der Waals surface area contributed by atoms with Gasteiger partial charge in [0, 0.05) is 11.8 Å². The lowest BCUT2D eigenvalue weighted by atomic mass is 9.92. The van der Waals surface area contributed by atoms with Gasteiger partial charge in [-0.3, -0.25) is 9.89 Å². The number of rotatable bonds is 2. The van der Waals surface area contributed by atoms with Crippen molar-refractivity contribution < 1.29 is 4.79 Å². The molecule has 2 aromatic rings. The summed E-state index contributed by atoms with van der Waals surface area (Å²) in [4.78, 5) is 11.8. The molecule has 2 N–H and O–H groups in total. The third-order valence-electron chi connectivity index (χ3n) is 2.44. The maximum Gasteiger partial charge on any atom is 0.224 e. The molecule has 1 aromatic heterocycles. The van der Waals surface area contributed by atoms with Crippen LogP contribution in [0.3, 0.4) is 0 Å². The lowest BCUT2D eigenvalue weighted by Crippen LogP contribution is -2.19. The summed E-state index contributed by atoms with van der Waals surface area (Å²) in [6.07, 6.45) is 2.24. The van der Waals surface area contributed by atoms with Crippen LogP contribution in [0.1, 0.15) is 27.2 Å². The lowest BCUT2D eigenvalue weighted by Gasteiger charge is -2.17. The molecular formula is C13H17N3O. The number of para-hydroxylation sites is 1. The number of nitrogens with zero attached hydrogens (tertiary/aromatic N) is 1. The van der Waals surface area contributed by atoms with E-state index in [1.54, 1.807) is 6.20 Å². The van der Waals surface area contributed by atoms with Crippen LogP contribution in [0.25, 0.3) is 10.9 Å². The predicted molar refractivity (Wildman–Crippen MR) is 68.8 cm³/mol. The van der Waals surface area contributed by atoms with Gasteiger partial charge in [0.15, 0.2) is 0 Å². The molecule has 17 heavy (non-hydrogen) atoms. The summed E-state index contributed by atoms with van der Waals surface area (Å²) < 4.78 is 0. The van der Waals surface area contributed by atoms with Gasteiger partial charge in [0.05, 0.1) is 17.4 Å². The quantitative estimate of drug-likeness (QED) is 0.834. The molecule has 0 saturated heterocycles. The first-order valence-corrected chi connectivity index (χ1v) is 5.68. The zero-order chi connectivity index (χ0) is 12.5. The van der Waals surface area contributed by atoms with Crippen molar-refractivity contribution in [3.63, 3.8) is 0 Å². The van der Waals surface area contributed by atoms with Crippen molar-refractivity contribution >= 4 is 22.5 Å². The minimum atomic E-state index is -0.00797. The Hall–Kier alpha value is -1.84. The smallest absolute Gasteiger partial charge is 0.224 e. The number of aromatic amines is 1. The van der Waals surface area contributed by atoms with Crippen LogP contribution in [-0.2, 0) is 4.79 Å². The number of aromatic nitrogens is 2. The van der Waals surface area contributed by atoms with Gasteiger partial charge in [-0.2, -0.15) is 5.10 Å². The zero-order valence-electron chi connectivity index (χ0n) is 10.4. The SMILES string of the molecule is CC(C)(C)CC(=O)Nc1cccc2cn[nH]c12. The van der Waals surface area contributed by atoms with Crippen LogP contribution >= 0.6 is 0 Å². The standard InChI is InChI=1S/C13H17N3O/c1-13(2,3)7-11(17)15-10-6-4-5-9-8-14-16-12(9)10/h4-6,8H,7H2,1-3H3,(H,14,16)(H,15,17). The summed E-state index contributed by atoms with van der Waals surface area (Å²) in [5, 5.41) is 10.8. The first kappa shape index (κ1) is 11.6. The second-order valence-electron chi connectivity index (χ2n) is 5.43. The molecular weight excluding hydrogens is 214 g/mol. The van der Waals surface area contributed by atoms with Crippen LogP contribution in [0.15, 0.2) is 24.4 Å². The van der Waals surface area contributed by atoms with E-state index >= 15 is 0 Å². The Balaban J connectivity index is 2.18. The van der Waals surface area contributed by atoms with Crippen molar-refractivity contribution in [3.05, 3.63) is 24.4 Å². The Kier molecular flexibility index (Phi) is 2.88. The minimum Gasteiger partial charge on any atom is -0.324 e. The Labute approximate surface area is 100 Å². The number of H-pyrrole nitrogens is 1. The molecule has 0 fully saturated rings. The third kappa shape index (κ3) is 2.84. The number of anilines is 1. The van der Waals surface area contributed by atoms with E-state index in [0.29, 0.717) is 6.42 Å². The molecule has 0 spiro atoms. The third-order valence-corrected chi connectivity index (χ3v) is 2.44. The highest BCUT2D eigenvalue weighted by molar-refractivity contribution is 6.00. The van der Waals surface area contributed by atoms with Gasteiger partial charge in [-0.15, -0.1) is 0 Å². The molecule has 0 saturated carbocycles. The van der Waals surface area contributed by atoms with Gasteiger partial charge >= 0.3 is 0 Å². The van der Waals surface area contributed by atoms with Gasteiger partial charge in [0.2, 0.25) is 5.91 Å². The maximum atomic E-state index is 11.8. The molecule has 90 valence electrons. The first-order valence-electron chi connectivity index (χ1n) is 5.68. The van der Waals surface area contributed by atoms with Crippen LogP contribution in [-0.4, -0.2) is 16.1 Å². The summed E-state index contributed by atoms with van der Waals surface area (Å²) in [6, 6.07) is 5.74. The van der Waals surface area contributed by atoms with Crippen molar-refractivity contribution in [2.24, 2.45) is 5.41 Å². The van der Waals surface area contributed by atoms with Gasteiger partial charge in [-0.25, -0.2) is 0 Å². The van der Waals surface area contributed by atoms with E-state index < -0.39 is 0 Å². The number of nitrogens with one attached hydrogen (secondary N) is 2. The topological polar surface area (TPSA) is 57.8 Å². The van der Waals surface area contributed by atoms with Gasteiger partial charge < -0.3 is 5.32 Å². The predicted octanol–water partition coefficient (Wildman–Crippen LogP) is 2.94. The second-order valence-corrected chi connectivity index (χ2v) is 5.43. The van der Waals surface area contributed by atoms with Gasteiger partial charge in [0.25, 0.3) is 0 Å². The number of hydrogen-bond donors (Lipinski definition) is 2. The largest absolute Gasteiger partial charge is 0.324 e. The van der Waals surface area contributed by atoms with Crippen molar-refractivity contribution in [2.75, 3.05) is 5.32 Å². The maximum absolute atomic E-state index is 11.8. The van der Waals surface area contributed by atoms with Crippen LogP contribution in [0.4, 0.5) is 5.69 Å². The van der Waals surface area contributed by atoms with E-state index in [2.05, 4.69) is 15.5 Å². The molecule has 1 aromatic carbocycles. The summed E-state index contributed by atoms with van der Waals surface area (Å²) in [5.41, 5.74) is 1.65. The van der Waals surface area contributed by atoms with Crippen LogP contribution in [0, 0.1) is 5.41 Å². The molecule has 1 heterocycles. The second kappa shape index (κ2) is 4.20. The van der Waals surface area contributed by atoms with Crippen molar-refractivity contribution in [1.29, 1.82) is 0 Å². The zero-order valence-corrected chi connectivity index (χ0v) is 10.4. The van der Waals surface area contributed by atoms with Crippen LogP contribution < -0.4 is 5.32 Å². The summed E-state index contributed by atoms with van der Waals surface area (Å²) >= 11 is 0. The monoisotopic (exact) mass is 231 g/mol. The lowest BCUT2D eigenvalue weighted by molar-refractivity contribution is -0.117. The fraction of sp³-hybridized carbons (Fsp3) is 0.385. The highest BCUT2D eigenvalue weighted by atomic mass is 16.1. The highest BCUT2D eigenvalue weighted by Gasteiger charge is 2.16. The van der Waals surface area contributed by atoms with E-state index in [4.69, 9.17) is 0 Å². The molecule has 0 radical (unpaired) electrons. The van der Waals surface area contributed by atoms with Crippen molar-refractivity contribution in [2.45, 2.75) is 27.2 Å². The van der Waals surface area contributed by atoms with Gasteiger partial charge in [-0.05, 0) is 11.5 Å². The molecule has 0 bridgehead atoms. The number of fused-ring (bicyclic) bond motifs is 1. The average Bonchev–Trinajstić information content (AvgIpc) is 2.63. The summed E-state index contributed by atoms with van der Waals surface area (Å²) in [7, 11) is 0. The molecule has 4 nitrogen and oxygen atoms in total. The highest BCUT2D eigenvalue weighted by Crippen LogP contribution is 2.23. The van der Waals surface area contributed by atoms with Crippen LogP contribution in [0.5, 0.6) is 0 Å². The van der Waals surface area contributed by atoms with Crippen LogP contribution in [0.2, 0.25) is 0 Å². The first-order chi connectivity index (χ1) is 7.96. The molecule has 0 aliphatic rings. The number of amides is 1. The number of benzene rings is 1. The van der Waals surface area contributed by atoms with E-state index in [1.807, 2.05) is 39.0 Å². The van der Waals surface area contributed by atoms with Gasteiger partial charge in [-0.1, -0.05) is 32.9 Å². The summed E-state index contributed by atoms with van der Waals surface area (Å²) in [6.45, 7) is 6.14. The van der Waals surface area contributed by atoms with Gasteiger partial charge in [0.1, 0.15) is 0 Å². The van der Waals surface area contributed by atoms with E-state index in [-0.39, 0.29) is 11.3 Å². The molecule has 0 aliphatic carbocycles. The summed E-state index contributed by atoms with van der Waals surface area (Å²) in [5.74, 6) is 0.0274. The number of hydrogen-bond acceptors (Lipinski definition) is 2. The van der Waals surface area contributed by atoms with E-state index in [9.17, 15) is 4.79 Å². The Morgan fingerprint density at radius 3 is 2.88 bits per heavy atom. The molecule has 0 unspecified atom stereocenters. The normalized spacial score (nSPS) is 11.7. The van der Waals surface area contributed by atoms with Crippen molar-refractivity contribution in [3.8, 4) is 0 Å². The average molecular weight is 231 g/mol. The van der Waals surface area contributed by atoms with E-state index in [0.717, 1.165) is 16.6 Å². The molecule has 4 heteroatoms. The fourth-order valence-electron chi connectivity index (χ4n) is 1.75. The minimum absolute atomic E-state index is 0.00797. The Bertz CT molecular complexity index is 537. The Morgan fingerprint density at radius 2 is 2.18 bits per heavy atom.